The van der Waals surface area contributed by atoms with Crippen molar-refractivity contribution in [2.45, 2.75) is 12.8 Å². The number of carbonyl (C=O) groups is 5. The van der Waals surface area contributed by atoms with Gasteiger partial charge in [-0.2, -0.15) is 4.90 Å². The van der Waals surface area contributed by atoms with Crippen molar-refractivity contribution in [3.8, 4) is 17.2 Å². The third-order valence-electron chi connectivity index (χ3n) is 7.58. The Morgan fingerprint density at radius 1 is 1.11 bits per heavy atom. The van der Waals surface area contributed by atoms with Crippen molar-refractivity contribution in [2.75, 3.05) is 14.2 Å². The molecule has 5 rings (SSSR count). The number of amides is 4. The molecule has 0 aromatic heterocycles. The number of phenols is 1. The van der Waals surface area contributed by atoms with Crippen LogP contribution in [-0.2, 0) is 19.2 Å². The predicted octanol–water partition coefficient (Wildman–Crippen LogP) is 2.80. The number of urea groups is 1. The molecule has 1 aliphatic heterocycles. The average Bonchev–Trinajstić information content (AvgIpc) is 3.15. The molecule has 4 aliphatic rings. The highest BCUT2D eigenvalue weighted by Crippen LogP contribution is 2.53. The topological polar surface area (TPSA) is 153 Å². The Hall–Kier alpha value is -3.99. The molecule has 0 spiro atoms. The van der Waals surface area contributed by atoms with Gasteiger partial charge in [-0.05, 0) is 52.4 Å². The van der Waals surface area contributed by atoms with Gasteiger partial charge in [-0.1, -0.05) is 23.8 Å². The Bertz CT molecular complexity index is 1430. The van der Waals surface area contributed by atoms with Crippen LogP contribution in [0, 0.1) is 23.7 Å². The van der Waals surface area contributed by atoms with Crippen LogP contribution in [0.15, 0.2) is 51.6 Å². The summed E-state index contributed by atoms with van der Waals surface area (Å²) in [5.41, 5.74) is 7.20. The number of imide groups is 3. The number of fused-ring (bicyclic) bond motifs is 3. The molecule has 1 saturated heterocycles. The van der Waals surface area contributed by atoms with Gasteiger partial charge in [0.1, 0.15) is 0 Å². The molecule has 1 fully saturated rings. The van der Waals surface area contributed by atoms with Gasteiger partial charge >= 0.3 is 6.03 Å². The number of benzene rings is 1. The van der Waals surface area contributed by atoms with E-state index < -0.39 is 41.5 Å². The van der Waals surface area contributed by atoms with Crippen molar-refractivity contribution >= 4 is 51.4 Å². The Labute approximate surface area is 225 Å². The van der Waals surface area contributed by atoms with Gasteiger partial charge in [-0.15, -0.1) is 0 Å². The predicted molar refractivity (Wildman–Crippen MR) is 137 cm³/mol. The molecule has 3 N–H and O–H groups in total. The standard InChI is InChI=1S/C27H23BrN2O8/c1-37-19-7-11(8-20(38-2)24(19)33)3-4-13-12-5-6-14-22(26(35)30(25(14)34)27(29)36)15(12)9-16-21(13)18(31)10-17(28)23(16)32/h3-5,7-8,10,13-15,22,33H,6,9H2,1-2H3,(H2,29,36). The number of methoxy groups -OCH3 is 2. The number of ketones is 2. The Morgan fingerprint density at radius 2 is 1.76 bits per heavy atom. The fourth-order valence-corrected chi connectivity index (χ4v) is 6.37. The summed E-state index contributed by atoms with van der Waals surface area (Å²) in [5, 5.41) is 10.2. The van der Waals surface area contributed by atoms with Crippen LogP contribution < -0.4 is 15.2 Å². The first-order valence-electron chi connectivity index (χ1n) is 11.8. The van der Waals surface area contributed by atoms with Crippen molar-refractivity contribution < 1.29 is 38.6 Å². The summed E-state index contributed by atoms with van der Waals surface area (Å²) in [6, 6.07) is 2.04. The molecular weight excluding hydrogens is 560 g/mol. The fourth-order valence-electron chi connectivity index (χ4n) is 5.92. The number of nitrogens with zero attached hydrogens (tertiary/aromatic N) is 1. The summed E-state index contributed by atoms with van der Waals surface area (Å²) >= 11 is 3.17. The summed E-state index contributed by atoms with van der Waals surface area (Å²) < 4.78 is 10.6. The van der Waals surface area contributed by atoms with Gasteiger partial charge in [0.2, 0.25) is 17.6 Å². The number of allylic oxidation sites excluding steroid dienone is 7. The zero-order valence-corrected chi connectivity index (χ0v) is 22.0. The van der Waals surface area contributed by atoms with E-state index in [2.05, 4.69) is 15.9 Å². The first-order chi connectivity index (χ1) is 18.1. The first-order valence-corrected chi connectivity index (χ1v) is 12.6. The number of carbonyl (C=O) groups excluding carboxylic acids is 5. The van der Waals surface area contributed by atoms with Gasteiger partial charge in [-0.3, -0.25) is 19.2 Å². The average molecular weight is 583 g/mol. The van der Waals surface area contributed by atoms with E-state index in [1.807, 2.05) is 6.08 Å². The molecule has 38 heavy (non-hydrogen) atoms. The number of rotatable bonds is 4. The summed E-state index contributed by atoms with van der Waals surface area (Å²) in [4.78, 5) is 64.7. The second-order valence-corrected chi connectivity index (χ2v) is 10.3. The molecular formula is C27H23BrN2O8. The second-order valence-electron chi connectivity index (χ2n) is 9.42. The summed E-state index contributed by atoms with van der Waals surface area (Å²) in [7, 11) is 2.81. The lowest BCUT2D eigenvalue weighted by Gasteiger charge is -2.41. The van der Waals surface area contributed by atoms with Crippen LogP contribution in [0.2, 0.25) is 0 Å². The van der Waals surface area contributed by atoms with Crippen molar-refractivity contribution in [1.29, 1.82) is 0 Å². The van der Waals surface area contributed by atoms with E-state index in [1.54, 1.807) is 24.3 Å². The minimum Gasteiger partial charge on any atom is -0.502 e. The van der Waals surface area contributed by atoms with Crippen LogP contribution in [0.3, 0.4) is 0 Å². The molecule has 0 bridgehead atoms. The van der Waals surface area contributed by atoms with E-state index in [-0.39, 0.29) is 51.7 Å². The van der Waals surface area contributed by atoms with E-state index in [9.17, 15) is 29.1 Å². The molecule has 1 heterocycles. The zero-order chi connectivity index (χ0) is 27.5. The highest BCUT2D eigenvalue weighted by atomic mass is 79.9. The van der Waals surface area contributed by atoms with Gasteiger partial charge < -0.3 is 20.3 Å². The molecule has 0 saturated carbocycles. The number of aromatic hydroxyl groups is 1. The summed E-state index contributed by atoms with van der Waals surface area (Å²) in [6.45, 7) is 0. The normalized spacial score (nSPS) is 26.7. The number of primary amides is 1. The SMILES string of the molecule is COc1cc(C=CC2C3=CCC4C(=O)N(C(N)=O)C(=O)C4C3CC3=C2C(=O)C=C(Br)C3=O)cc(OC)c1O. The molecule has 4 amide bonds. The van der Waals surface area contributed by atoms with Gasteiger partial charge in [0.25, 0.3) is 0 Å². The molecule has 1 aromatic rings. The molecule has 4 unspecified atom stereocenters. The van der Waals surface area contributed by atoms with Crippen molar-refractivity contribution in [3.05, 3.63) is 57.1 Å². The van der Waals surface area contributed by atoms with Gasteiger partial charge in [0.15, 0.2) is 23.1 Å². The largest absolute Gasteiger partial charge is 0.502 e. The maximum Gasteiger partial charge on any atom is 0.328 e. The van der Waals surface area contributed by atoms with Crippen molar-refractivity contribution in [3.63, 3.8) is 0 Å². The number of hydrogen-bond donors (Lipinski definition) is 2. The van der Waals surface area contributed by atoms with E-state index in [0.717, 1.165) is 5.57 Å². The van der Waals surface area contributed by atoms with Crippen LogP contribution in [0.1, 0.15) is 18.4 Å². The maximum atomic E-state index is 13.2. The third-order valence-corrected chi connectivity index (χ3v) is 8.17. The summed E-state index contributed by atoms with van der Waals surface area (Å²) in [6.07, 6.45) is 6.78. The number of nitrogens with two attached hydrogens (primary N) is 1. The smallest absolute Gasteiger partial charge is 0.328 e. The third kappa shape index (κ3) is 3.80. The Kier molecular flexibility index (Phi) is 6.34. The lowest BCUT2D eigenvalue weighted by molar-refractivity contribution is -0.136. The second kappa shape index (κ2) is 9.39. The minimum absolute atomic E-state index is 0.0761. The molecule has 196 valence electrons. The van der Waals surface area contributed by atoms with Crippen LogP contribution >= 0.6 is 15.9 Å². The molecule has 10 nitrogen and oxygen atoms in total. The fraction of sp³-hybridized carbons (Fsp3) is 0.296. The number of hydrogen-bond acceptors (Lipinski definition) is 8. The molecule has 1 aromatic carbocycles. The molecule has 3 aliphatic carbocycles. The molecule has 0 radical (unpaired) electrons. The van der Waals surface area contributed by atoms with Gasteiger partial charge in [0, 0.05) is 23.1 Å². The lowest BCUT2D eigenvalue weighted by atomic mass is 9.61. The molecule has 4 atom stereocenters. The monoisotopic (exact) mass is 582 g/mol. The number of ether oxygens (including phenoxy) is 2. The van der Waals surface area contributed by atoms with Crippen LogP contribution in [0.4, 0.5) is 4.79 Å². The number of phenolic OH excluding ortho intramolecular Hbond substituents is 1. The highest BCUT2D eigenvalue weighted by molar-refractivity contribution is 9.12. The van der Waals surface area contributed by atoms with E-state index >= 15 is 0 Å². The number of Topliss-reactive ketones (excluding diaryl/α,β-unsaturated/α-hetero) is 1. The maximum absolute atomic E-state index is 13.2. The summed E-state index contributed by atoms with van der Waals surface area (Å²) in [5.74, 6) is -4.73. The number of likely N-dealkylation sites (tertiary alicyclic amines) is 1. The number of halogens is 1. The van der Waals surface area contributed by atoms with Crippen LogP contribution in [0.5, 0.6) is 17.2 Å². The van der Waals surface area contributed by atoms with E-state index in [0.29, 0.717) is 16.0 Å². The van der Waals surface area contributed by atoms with Crippen LogP contribution in [0.25, 0.3) is 6.08 Å². The van der Waals surface area contributed by atoms with Gasteiger partial charge in [0.05, 0.1) is 30.5 Å². The Balaban J connectivity index is 1.62. The molecule has 11 heteroatoms. The van der Waals surface area contributed by atoms with Crippen molar-refractivity contribution in [1.82, 2.24) is 4.90 Å². The van der Waals surface area contributed by atoms with Crippen molar-refractivity contribution in [2.24, 2.45) is 29.4 Å². The first kappa shape index (κ1) is 25.7. The minimum atomic E-state index is -1.13. The van der Waals surface area contributed by atoms with Crippen LogP contribution in [-0.4, -0.2) is 53.6 Å². The van der Waals surface area contributed by atoms with E-state index in [4.69, 9.17) is 15.2 Å². The van der Waals surface area contributed by atoms with Gasteiger partial charge in [-0.25, -0.2) is 4.79 Å². The highest BCUT2D eigenvalue weighted by Gasteiger charge is 2.57. The lowest BCUT2D eigenvalue weighted by Crippen LogP contribution is -2.42. The Morgan fingerprint density at radius 3 is 2.37 bits per heavy atom. The quantitative estimate of drug-likeness (QED) is 0.312. The van der Waals surface area contributed by atoms with E-state index in [1.165, 1.54) is 20.3 Å². The zero-order valence-electron chi connectivity index (χ0n) is 20.4.